The summed E-state index contributed by atoms with van der Waals surface area (Å²) in [5.74, 6) is 0. The average molecular weight is 172 g/mol. The average Bonchev–Trinajstić information content (AvgIpc) is 2.17. The molecule has 0 atom stereocenters. The van der Waals surface area contributed by atoms with Gasteiger partial charge in [-0.3, -0.25) is 0 Å². The SMILES string of the molecule is C=C=CCc1ccc(CCC)cc1. The number of aryl methyl sites for hydroxylation is 1. The van der Waals surface area contributed by atoms with Crippen molar-refractivity contribution < 1.29 is 0 Å². The molecule has 0 spiro atoms. The molecule has 0 radical (unpaired) electrons. The van der Waals surface area contributed by atoms with Gasteiger partial charge in [-0.2, -0.15) is 0 Å². The summed E-state index contributed by atoms with van der Waals surface area (Å²) >= 11 is 0. The van der Waals surface area contributed by atoms with E-state index in [9.17, 15) is 0 Å². The van der Waals surface area contributed by atoms with Crippen LogP contribution in [0.5, 0.6) is 0 Å². The van der Waals surface area contributed by atoms with Gasteiger partial charge < -0.3 is 0 Å². The summed E-state index contributed by atoms with van der Waals surface area (Å²) in [4.78, 5) is 0. The molecular weight excluding hydrogens is 156 g/mol. The predicted molar refractivity (Wildman–Crippen MR) is 57.9 cm³/mol. The summed E-state index contributed by atoms with van der Waals surface area (Å²) in [5, 5.41) is 0. The van der Waals surface area contributed by atoms with E-state index in [1.165, 1.54) is 24.0 Å². The van der Waals surface area contributed by atoms with Crippen molar-refractivity contribution in [2.45, 2.75) is 26.2 Å². The van der Waals surface area contributed by atoms with Crippen LogP contribution >= 0.6 is 0 Å². The van der Waals surface area contributed by atoms with Crippen molar-refractivity contribution in [2.75, 3.05) is 0 Å². The van der Waals surface area contributed by atoms with E-state index in [1.54, 1.807) is 0 Å². The van der Waals surface area contributed by atoms with Crippen molar-refractivity contribution in [2.24, 2.45) is 0 Å². The number of allylic oxidation sites excluding steroid dienone is 1. The molecule has 0 aliphatic rings. The summed E-state index contributed by atoms with van der Waals surface area (Å²) in [6.07, 6.45) is 5.29. The van der Waals surface area contributed by atoms with E-state index in [4.69, 9.17) is 0 Å². The summed E-state index contributed by atoms with van der Waals surface area (Å²) in [7, 11) is 0. The zero-order chi connectivity index (χ0) is 9.52. The molecule has 0 aliphatic heterocycles. The van der Waals surface area contributed by atoms with Gasteiger partial charge in [0.2, 0.25) is 0 Å². The molecular formula is C13H16. The summed E-state index contributed by atoms with van der Waals surface area (Å²) < 4.78 is 0. The maximum atomic E-state index is 3.54. The Kier molecular flexibility index (Phi) is 4.08. The first-order valence-electron chi connectivity index (χ1n) is 4.79. The molecule has 0 amide bonds. The Morgan fingerprint density at radius 2 is 1.85 bits per heavy atom. The molecule has 0 saturated carbocycles. The highest BCUT2D eigenvalue weighted by atomic mass is 14.0. The van der Waals surface area contributed by atoms with Gasteiger partial charge in [-0.15, -0.1) is 5.73 Å². The van der Waals surface area contributed by atoms with Gasteiger partial charge >= 0.3 is 0 Å². The molecule has 0 aromatic heterocycles. The second-order valence-corrected chi connectivity index (χ2v) is 3.18. The molecule has 13 heavy (non-hydrogen) atoms. The van der Waals surface area contributed by atoms with E-state index < -0.39 is 0 Å². The predicted octanol–water partition coefficient (Wildman–Crippen LogP) is 3.52. The van der Waals surface area contributed by atoms with E-state index >= 15 is 0 Å². The largest absolute Gasteiger partial charge is 0.133 e. The van der Waals surface area contributed by atoms with Crippen LogP contribution < -0.4 is 0 Å². The van der Waals surface area contributed by atoms with Gasteiger partial charge in [0.1, 0.15) is 0 Å². The number of hydrogen-bond acceptors (Lipinski definition) is 0. The summed E-state index contributed by atoms with van der Waals surface area (Å²) in [6.45, 7) is 5.74. The smallest absolute Gasteiger partial charge is 0.00215 e. The Hall–Kier alpha value is -1.26. The zero-order valence-electron chi connectivity index (χ0n) is 8.22. The van der Waals surface area contributed by atoms with Crippen LogP contribution in [0, 0.1) is 0 Å². The van der Waals surface area contributed by atoms with Crippen molar-refractivity contribution in [3.05, 3.63) is 53.8 Å². The van der Waals surface area contributed by atoms with E-state index in [0.717, 1.165) is 6.42 Å². The highest BCUT2D eigenvalue weighted by Gasteiger charge is 1.91. The van der Waals surface area contributed by atoms with Crippen LogP contribution in [-0.2, 0) is 12.8 Å². The van der Waals surface area contributed by atoms with Crippen LogP contribution in [0.3, 0.4) is 0 Å². The van der Waals surface area contributed by atoms with Gasteiger partial charge in [0, 0.05) is 0 Å². The molecule has 1 aromatic carbocycles. The van der Waals surface area contributed by atoms with Gasteiger partial charge in [0.25, 0.3) is 0 Å². The molecule has 0 saturated heterocycles. The number of benzene rings is 1. The molecule has 0 nitrogen and oxygen atoms in total. The number of hydrogen-bond donors (Lipinski definition) is 0. The maximum Gasteiger partial charge on any atom is -0.00215 e. The lowest BCUT2D eigenvalue weighted by Crippen LogP contribution is -1.85. The third-order valence-corrected chi connectivity index (χ3v) is 2.04. The highest BCUT2D eigenvalue weighted by Crippen LogP contribution is 2.07. The zero-order valence-corrected chi connectivity index (χ0v) is 8.22. The quantitative estimate of drug-likeness (QED) is 0.609. The first-order chi connectivity index (χ1) is 6.36. The second-order valence-electron chi connectivity index (χ2n) is 3.18. The Balaban J connectivity index is 2.63. The Morgan fingerprint density at radius 1 is 1.23 bits per heavy atom. The lowest BCUT2D eigenvalue weighted by Gasteiger charge is -1.99. The van der Waals surface area contributed by atoms with Crippen molar-refractivity contribution in [3.8, 4) is 0 Å². The van der Waals surface area contributed by atoms with Crippen molar-refractivity contribution in [3.63, 3.8) is 0 Å². The summed E-state index contributed by atoms with van der Waals surface area (Å²) in [5.41, 5.74) is 5.54. The van der Waals surface area contributed by atoms with Gasteiger partial charge in [-0.1, -0.05) is 44.2 Å². The first-order valence-corrected chi connectivity index (χ1v) is 4.79. The minimum Gasteiger partial charge on any atom is -0.133 e. The fourth-order valence-electron chi connectivity index (χ4n) is 1.32. The second kappa shape index (κ2) is 5.40. The monoisotopic (exact) mass is 172 g/mol. The third-order valence-electron chi connectivity index (χ3n) is 2.04. The van der Waals surface area contributed by atoms with Gasteiger partial charge in [0.15, 0.2) is 0 Å². The van der Waals surface area contributed by atoms with Crippen LogP contribution in [0.15, 0.2) is 42.7 Å². The van der Waals surface area contributed by atoms with Crippen LogP contribution in [0.4, 0.5) is 0 Å². The standard InChI is InChI=1S/C13H16/c1-3-5-7-13-10-8-12(6-4-2)9-11-13/h5,8-11H,1,4,6-7H2,2H3. The minimum absolute atomic E-state index is 0.940. The fourth-order valence-corrected chi connectivity index (χ4v) is 1.32. The van der Waals surface area contributed by atoms with E-state index in [-0.39, 0.29) is 0 Å². The Morgan fingerprint density at radius 3 is 2.38 bits per heavy atom. The highest BCUT2D eigenvalue weighted by molar-refractivity contribution is 5.24. The molecule has 0 bridgehead atoms. The van der Waals surface area contributed by atoms with Crippen molar-refractivity contribution >= 4 is 0 Å². The van der Waals surface area contributed by atoms with Crippen LogP contribution in [-0.4, -0.2) is 0 Å². The van der Waals surface area contributed by atoms with E-state index in [0.29, 0.717) is 0 Å². The van der Waals surface area contributed by atoms with Gasteiger partial charge in [0.05, 0.1) is 0 Å². The number of rotatable bonds is 4. The normalized spacial score (nSPS) is 9.31. The topological polar surface area (TPSA) is 0 Å². The lowest BCUT2D eigenvalue weighted by atomic mass is 10.1. The van der Waals surface area contributed by atoms with Crippen molar-refractivity contribution in [1.29, 1.82) is 0 Å². The Labute approximate surface area is 80.6 Å². The van der Waals surface area contributed by atoms with Gasteiger partial charge in [-0.05, 0) is 30.0 Å². The van der Waals surface area contributed by atoms with Crippen molar-refractivity contribution in [1.82, 2.24) is 0 Å². The molecule has 0 N–H and O–H groups in total. The minimum atomic E-state index is 0.940. The van der Waals surface area contributed by atoms with E-state index in [2.05, 4.69) is 43.5 Å². The van der Waals surface area contributed by atoms with Crippen LogP contribution in [0.2, 0.25) is 0 Å². The molecule has 68 valence electrons. The first kappa shape index (κ1) is 9.83. The fraction of sp³-hybridized carbons (Fsp3) is 0.308. The molecule has 0 heteroatoms. The Bertz CT molecular complexity index is 286. The molecule has 0 fully saturated rings. The van der Waals surface area contributed by atoms with Crippen LogP contribution in [0.1, 0.15) is 24.5 Å². The third kappa shape index (κ3) is 3.31. The van der Waals surface area contributed by atoms with E-state index in [1.807, 2.05) is 6.08 Å². The molecule has 0 heterocycles. The molecule has 1 aromatic rings. The summed E-state index contributed by atoms with van der Waals surface area (Å²) in [6, 6.07) is 8.77. The molecule has 1 rings (SSSR count). The molecule has 0 unspecified atom stereocenters. The van der Waals surface area contributed by atoms with Crippen LogP contribution in [0.25, 0.3) is 0 Å². The maximum absolute atomic E-state index is 3.54. The lowest BCUT2D eigenvalue weighted by molar-refractivity contribution is 0.920. The van der Waals surface area contributed by atoms with Gasteiger partial charge in [-0.25, -0.2) is 0 Å². The molecule has 0 aliphatic carbocycles.